The molecule has 2 aliphatic rings. The van der Waals surface area contributed by atoms with Gasteiger partial charge in [-0.3, -0.25) is 4.90 Å². The van der Waals surface area contributed by atoms with E-state index < -0.39 is 0 Å². The van der Waals surface area contributed by atoms with Crippen LogP contribution in [0.1, 0.15) is 33.7 Å². The maximum atomic E-state index is 2.64. The molecule has 136 valence electrons. The van der Waals surface area contributed by atoms with Crippen molar-refractivity contribution in [1.29, 1.82) is 0 Å². The average Bonchev–Trinajstić information content (AvgIpc) is 2.72. The van der Waals surface area contributed by atoms with Gasteiger partial charge in [0, 0.05) is 32.1 Å². The molecule has 0 radical (unpaired) electrons. The van der Waals surface area contributed by atoms with E-state index >= 15 is 0 Å². The van der Waals surface area contributed by atoms with E-state index in [1.54, 1.807) is 27.8 Å². The highest BCUT2D eigenvalue weighted by Gasteiger charge is 2.31. The molecule has 0 aromatic heterocycles. The lowest BCUT2D eigenvalue weighted by molar-refractivity contribution is 0.214. The van der Waals surface area contributed by atoms with Gasteiger partial charge in [-0.05, 0) is 54.8 Å². The Kier molecular flexibility index (Phi) is 6.93. The van der Waals surface area contributed by atoms with Crippen molar-refractivity contribution in [1.82, 2.24) is 9.80 Å². The van der Waals surface area contributed by atoms with Gasteiger partial charge < -0.3 is 4.90 Å². The third kappa shape index (κ3) is 4.03. The van der Waals surface area contributed by atoms with Crippen LogP contribution in [0.4, 0.5) is 0 Å². The van der Waals surface area contributed by atoms with E-state index in [0.717, 1.165) is 26.2 Å². The molecular weight excluding hydrogens is 351 g/mol. The molecule has 2 aromatic carbocycles. The van der Waals surface area contributed by atoms with Crippen molar-refractivity contribution < 1.29 is 0 Å². The maximum Gasteiger partial charge on any atom is 0.0237 e. The van der Waals surface area contributed by atoms with Gasteiger partial charge in [0.05, 0.1) is 0 Å². The van der Waals surface area contributed by atoms with Crippen LogP contribution < -0.4 is 0 Å². The molecule has 1 aliphatic carbocycles. The van der Waals surface area contributed by atoms with Gasteiger partial charge in [-0.2, -0.15) is 0 Å². The number of nitrogens with zero attached hydrogens (tertiary/aromatic N) is 2. The Bertz CT molecular complexity index is 715. The molecule has 4 heteroatoms. The van der Waals surface area contributed by atoms with Crippen LogP contribution in [0.25, 0.3) is 0 Å². The van der Waals surface area contributed by atoms with Crippen molar-refractivity contribution in [3.8, 4) is 0 Å². The number of hydrogen-bond donors (Lipinski definition) is 0. The van der Waals surface area contributed by atoms with E-state index in [9.17, 15) is 0 Å². The van der Waals surface area contributed by atoms with Crippen LogP contribution in [-0.4, -0.2) is 43.5 Å². The SMILES string of the molecule is CN(C)CCN1Cc2cccc3c2C(C1)c1ccccc1CC3.Cl.Cl. The van der Waals surface area contributed by atoms with Crippen LogP contribution in [0.5, 0.6) is 0 Å². The van der Waals surface area contributed by atoms with Gasteiger partial charge in [-0.15, -0.1) is 24.8 Å². The molecule has 4 rings (SSSR count). The number of aryl methyl sites for hydroxylation is 2. The zero-order valence-electron chi connectivity index (χ0n) is 15.1. The minimum Gasteiger partial charge on any atom is -0.308 e. The molecule has 1 unspecified atom stereocenters. The largest absolute Gasteiger partial charge is 0.308 e. The average molecular weight is 379 g/mol. The fraction of sp³-hybridized carbons (Fsp3) is 0.429. The predicted octanol–water partition coefficient (Wildman–Crippen LogP) is 4.14. The highest BCUT2D eigenvalue weighted by Crippen LogP contribution is 2.40. The number of halogens is 2. The first-order valence-corrected chi connectivity index (χ1v) is 8.78. The Morgan fingerprint density at radius 3 is 2.40 bits per heavy atom. The fourth-order valence-electron chi connectivity index (χ4n) is 4.26. The van der Waals surface area contributed by atoms with Crippen LogP contribution >= 0.6 is 24.8 Å². The first-order chi connectivity index (χ1) is 11.2. The summed E-state index contributed by atoms with van der Waals surface area (Å²) in [6.07, 6.45) is 2.37. The van der Waals surface area contributed by atoms with Gasteiger partial charge in [0.2, 0.25) is 0 Å². The summed E-state index contributed by atoms with van der Waals surface area (Å²) in [5.41, 5.74) is 7.88. The summed E-state index contributed by atoms with van der Waals surface area (Å²) in [5, 5.41) is 0. The van der Waals surface area contributed by atoms with E-state index in [1.165, 1.54) is 12.8 Å². The minimum absolute atomic E-state index is 0. The summed E-state index contributed by atoms with van der Waals surface area (Å²) in [6.45, 7) is 4.54. The molecule has 2 aromatic rings. The van der Waals surface area contributed by atoms with Gasteiger partial charge in [0.1, 0.15) is 0 Å². The fourth-order valence-corrected chi connectivity index (χ4v) is 4.26. The van der Waals surface area contributed by atoms with Crippen molar-refractivity contribution >= 4 is 24.8 Å². The molecule has 0 saturated heterocycles. The van der Waals surface area contributed by atoms with Crippen LogP contribution in [0.3, 0.4) is 0 Å². The summed E-state index contributed by atoms with van der Waals surface area (Å²) in [4.78, 5) is 4.92. The Balaban J connectivity index is 0.00000113. The molecule has 1 heterocycles. The molecular formula is C21H28Cl2N2. The van der Waals surface area contributed by atoms with Crippen molar-refractivity contribution in [3.63, 3.8) is 0 Å². The van der Waals surface area contributed by atoms with Gasteiger partial charge in [-0.25, -0.2) is 0 Å². The normalized spacial score (nSPS) is 18.4. The van der Waals surface area contributed by atoms with E-state index in [0.29, 0.717) is 5.92 Å². The summed E-state index contributed by atoms with van der Waals surface area (Å²) in [5.74, 6) is 0.552. The molecule has 0 saturated carbocycles. The first-order valence-electron chi connectivity index (χ1n) is 8.78. The zero-order valence-corrected chi connectivity index (χ0v) is 16.7. The third-order valence-corrected chi connectivity index (χ3v) is 5.43. The summed E-state index contributed by atoms with van der Waals surface area (Å²) in [6, 6.07) is 16.1. The van der Waals surface area contributed by atoms with Crippen molar-refractivity contribution in [2.45, 2.75) is 25.3 Å². The third-order valence-electron chi connectivity index (χ3n) is 5.43. The molecule has 1 aliphatic heterocycles. The van der Waals surface area contributed by atoms with Gasteiger partial charge in [0.15, 0.2) is 0 Å². The van der Waals surface area contributed by atoms with Crippen LogP contribution in [0, 0.1) is 0 Å². The lowest BCUT2D eigenvalue weighted by Gasteiger charge is -2.36. The van der Waals surface area contributed by atoms with Crippen LogP contribution in [0.2, 0.25) is 0 Å². The van der Waals surface area contributed by atoms with E-state index in [2.05, 4.69) is 66.4 Å². The van der Waals surface area contributed by atoms with Crippen molar-refractivity contribution in [3.05, 3.63) is 70.3 Å². The Morgan fingerprint density at radius 1 is 0.920 bits per heavy atom. The number of benzene rings is 2. The quantitative estimate of drug-likeness (QED) is 0.791. The Labute approximate surface area is 164 Å². The first kappa shape index (κ1) is 20.3. The monoisotopic (exact) mass is 378 g/mol. The van der Waals surface area contributed by atoms with E-state index in [1.807, 2.05) is 0 Å². The molecule has 1 atom stereocenters. The topological polar surface area (TPSA) is 6.48 Å². The minimum atomic E-state index is 0. The number of rotatable bonds is 3. The molecule has 0 spiro atoms. The summed E-state index contributed by atoms with van der Waals surface area (Å²) < 4.78 is 0. The highest BCUT2D eigenvalue weighted by molar-refractivity contribution is 5.85. The smallest absolute Gasteiger partial charge is 0.0237 e. The standard InChI is InChI=1S/C21H26N2.2ClH/c1-22(2)12-13-23-14-18-8-5-7-17-11-10-16-6-3-4-9-19(16)20(15-23)21(17)18;;/h3-9,20H,10-15H2,1-2H3;2*1H. The maximum absolute atomic E-state index is 2.64. The van der Waals surface area contributed by atoms with Crippen molar-refractivity contribution in [2.24, 2.45) is 0 Å². The van der Waals surface area contributed by atoms with Gasteiger partial charge in [0.25, 0.3) is 0 Å². The molecule has 0 fully saturated rings. The highest BCUT2D eigenvalue weighted by atomic mass is 35.5. The van der Waals surface area contributed by atoms with Crippen LogP contribution in [-0.2, 0) is 19.4 Å². The Morgan fingerprint density at radius 2 is 1.60 bits per heavy atom. The summed E-state index contributed by atoms with van der Waals surface area (Å²) >= 11 is 0. The molecule has 0 amide bonds. The second-order valence-corrected chi connectivity index (χ2v) is 7.28. The Hall–Kier alpha value is -1.06. The van der Waals surface area contributed by atoms with E-state index in [4.69, 9.17) is 0 Å². The summed E-state index contributed by atoms with van der Waals surface area (Å²) in [7, 11) is 4.33. The molecule has 0 bridgehead atoms. The molecule has 2 nitrogen and oxygen atoms in total. The molecule has 25 heavy (non-hydrogen) atoms. The number of hydrogen-bond acceptors (Lipinski definition) is 2. The number of likely N-dealkylation sites (N-methyl/N-ethyl adjacent to an activating group) is 1. The second kappa shape index (κ2) is 8.55. The lowest BCUT2D eigenvalue weighted by Crippen LogP contribution is -2.38. The predicted molar refractivity (Wildman–Crippen MR) is 110 cm³/mol. The van der Waals surface area contributed by atoms with Gasteiger partial charge >= 0.3 is 0 Å². The molecule has 0 N–H and O–H groups in total. The number of fused-ring (bicyclic) bond motifs is 2. The lowest BCUT2D eigenvalue weighted by atomic mass is 9.82. The van der Waals surface area contributed by atoms with E-state index in [-0.39, 0.29) is 24.8 Å². The second-order valence-electron chi connectivity index (χ2n) is 7.28. The van der Waals surface area contributed by atoms with Crippen molar-refractivity contribution in [2.75, 3.05) is 33.7 Å². The van der Waals surface area contributed by atoms with Gasteiger partial charge in [-0.1, -0.05) is 42.5 Å². The van der Waals surface area contributed by atoms with Crippen LogP contribution in [0.15, 0.2) is 42.5 Å². The zero-order chi connectivity index (χ0) is 15.8.